The highest BCUT2D eigenvalue weighted by Crippen LogP contribution is 2.46. The Balaban J connectivity index is 1.38. The molecular weight excluding hydrogens is 530 g/mol. The average molecular weight is 554 g/mol. The van der Waals surface area contributed by atoms with Gasteiger partial charge in [0.25, 0.3) is 0 Å². The van der Waals surface area contributed by atoms with E-state index in [0.717, 1.165) is 82.8 Å². The Kier molecular flexibility index (Phi) is 5.13. The van der Waals surface area contributed by atoms with Crippen LogP contribution in [0.1, 0.15) is 0 Å². The fourth-order valence-corrected chi connectivity index (χ4v) is 6.24. The lowest BCUT2D eigenvalue weighted by atomic mass is 9.98. The average Bonchev–Trinajstić information content (AvgIpc) is 3.64. The molecule has 0 saturated carbocycles. The van der Waals surface area contributed by atoms with Crippen molar-refractivity contribution in [2.45, 2.75) is 0 Å². The number of furan rings is 2. The van der Waals surface area contributed by atoms with Crippen molar-refractivity contribution in [3.63, 3.8) is 0 Å². The van der Waals surface area contributed by atoms with Gasteiger partial charge in [0.05, 0.1) is 23.3 Å². The number of rotatable bonds is 4. The third kappa shape index (κ3) is 3.72. The van der Waals surface area contributed by atoms with Gasteiger partial charge < -0.3 is 13.7 Å². The lowest BCUT2D eigenvalue weighted by molar-refractivity contribution is 0.666. The summed E-state index contributed by atoms with van der Waals surface area (Å²) in [6, 6.07) is 40.2. The first-order valence-corrected chi connectivity index (χ1v) is 14.2. The predicted octanol–water partition coefficient (Wildman–Crippen LogP) is 10.6. The van der Waals surface area contributed by atoms with Crippen molar-refractivity contribution in [1.29, 1.82) is 0 Å². The normalized spacial score (nSPS) is 11.7. The summed E-state index contributed by atoms with van der Waals surface area (Å²) in [5, 5.41) is 6.39. The first-order valence-electron chi connectivity index (χ1n) is 14.2. The number of anilines is 3. The zero-order valence-corrected chi connectivity index (χ0v) is 22.9. The van der Waals surface area contributed by atoms with E-state index >= 15 is 0 Å². The van der Waals surface area contributed by atoms with Crippen molar-refractivity contribution in [1.82, 2.24) is 9.97 Å². The number of hydrogen-bond donors (Lipinski definition) is 0. The van der Waals surface area contributed by atoms with Crippen LogP contribution >= 0.6 is 0 Å². The minimum atomic E-state index is 0.768. The zero-order valence-electron chi connectivity index (χ0n) is 22.9. The molecule has 0 N–H and O–H groups in total. The molecule has 202 valence electrons. The van der Waals surface area contributed by atoms with Crippen LogP contribution in [0.5, 0.6) is 0 Å². The van der Waals surface area contributed by atoms with E-state index in [1.807, 2.05) is 24.4 Å². The molecule has 4 heterocycles. The summed E-state index contributed by atoms with van der Waals surface area (Å²) >= 11 is 0. The summed E-state index contributed by atoms with van der Waals surface area (Å²) in [5.74, 6) is 0. The third-order valence-corrected chi connectivity index (χ3v) is 8.22. The van der Waals surface area contributed by atoms with Crippen molar-refractivity contribution in [2.75, 3.05) is 4.90 Å². The molecule has 0 spiro atoms. The van der Waals surface area contributed by atoms with E-state index in [4.69, 9.17) is 8.83 Å². The molecule has 0 aliphatic heterocycles. The Morgan fingerprint density at radius 2 is 1.28 bits per heavy atom. The van der Waals surface area contributed by atoms with Crippen molar-refractivity contribution in [3.05, 3.63) is 140 Å². The molecule has 4 aromatic heterocycles. The highest BCUT2D eigenvalue weighted by atomic mass is 16.3. The van der Waals surface area contributed by atoms with E-state index in [2.05, 4.69) is 112 Å². The maximum atomic E-state index is 6.56. The molecule has 0 aliphatic carbocycles. The topological polar surface area (TPSA) is 55.3 Å². The number of nitrogens with zero attached hydrogens (tertiary/aromatic N) is 3. The quantitative estimate of drug-likeness (QED) is 0.217. The Labute approximate surface area is 246 Å². The van der Waals surface area contributed by atoms with E-state index in [1.165, 1.54) is 0 Å². The maximum Gasteiger partial charge on any atom is 0.159 e. The van der Waals surface area contributed by atoms with E-state index in [1.54, 1.807) is 18.6 Å². The van der Waals surface area contributed by atoms with Crippen LogP contribution < -0.4 is 4.90 Å². The monoisotopic (exact) mass is 553 g/mol. The zero-order chi connectivity index (χ0) is 28.3. The lowest BCUT2D eigenvalue weighted by Gasteiger charge is -2.27. The molecular formula is C38H23N3O2. The molecule has 0 fully saturated rings. The van der Waals surface area contributed by atoms with Crippen molar-refractivity contribution in [3.8, 4) is 11.1 Å². The Hall–Kier alpha value is -5.94. The highest BCUT2D eigenvalue weighted by molar-refractivity contribution is 6.12. The molecule has 0 radical (unpaired) electrons. The van der Waals surface area contributed by atoms with Gasteiger partial charge in [-0.05, 0) is 59.0 Å². The lowest BCUT2D eigenvalue weighted by Crippen LogP contribution is -2.11. The molecule has 0 aliphatic rings. The molecule has 5 heteroatoms. The van der Waals surface area contributed by atoms with E-state index in [0.29, 0.717) is 0 Å². The molecule has 0 amide bonds. The van der Waals surface area contributed by atoms with Crippen molar-refractivity contribution in [2.24, 2.45) is 0 Å². The summed E-state index contributed by atoms with van der Waals surface area (Å²) in [6.07, 6.45) is 7.21. The van der Waals surface area contributed by atoms with Gasteiger partial charge in [-0.15, -0.1) is 0 Å². The number of fused-ring (bicyclic) bond motifs is 7. The summed E-state index contributed by atoms with van der Waals surface area (Å²) in [7, 11) is 0. The van der Waals surface area contributed by atoms with Crippen LogP contribution in [0.3, 0.4) is 0 Å². The first kappa shape index (κ1) is 23.7. The van der Waals surface area contributed by atoms with Crippen LogP contribution in [0.15, 0.2) is 149 Å². The van der Waals surface area contributed by atoms with Gasteiger partial charge in [-0.3, -0.25) is 9.97 Å². The van der Waals surface area contributed by atoms with Gasteiger partial charge in [-0.2, -0.15) is 0 Å². The molecule has 43 heavy (non-hydrogen) atoms. The second-order valence-electron chi connectivity index (χ2n) is 10.7. The third-order valence-electron chi connectivity index (χ3n) is 8.22. The van der Waals surface area contributed by atoms with E-state index in [-0.39, 0.29) is 0 Å². The fourth-order valence-electron chi connectivity index (χ4n) is 6.24. The van der Waals surface area contributed by atoms with Crippen LogP contribution in [0.2, 0.25) is 0 Å². The van der Waals surface area contributed by atoms with Crippen LogP contribution in [0.25, 0.3) is 65.8 Å². The Morgan fingerprint density at radius 3 is 2.23 bits per heavy atom. The van der Waals surface area contributed by atoms with Crippen LogP contribution in [-0.2, 0) is 0 Å². The second kappa shape index (κ2) is 9.29. The minimum Gasteiger partial charge on any atom is -0.454 e. The van der Waals surface area contributed by atoms with Gasteiger partial charge >= 0.3 is 0 Å². The Bertz CT molecular complexity index is 2480. The molecule has 9 aromatic rings. The minimum absolute atomic E-state index is 0.768. The predicted molar refractivity (Wildman–Crippen MR) is 174 cm³/mol. The SMILES string of the molecule is c1ccc(-c2cc(N(c3ccc4c(c3)oc3cnccc34)c3cccc4c3oc3ccncc34)c3ccccc3c2)cc1. The number of para-hydroxylation sites is 1. The van der Waals surface area contributed by atoms with Crippen LogP contribution in [-0.4, -0.2) is 9.97 Å². The highest BCUT2D eigenvalue weighted by Gasteiger charge is 2.23. The van der Waals surface area contributed by atoms with Gasteiger partial charge in [0.2, 0.25) is 0 Å². The van der Waals surface area contributed by atoms with Crippen LogP contribution in [0.4, 0.5) is 17.1 Å². The van der Waals surface area contributed by atoms with E-state index < -0.39 is 0 Å². The van der Waals surface area contributed by atoms with Crippen molar-refractivity contribution >= 4 is 71.7 Å². The Morgan fingerprint density at radius 1 is 0.465 bits per heavy atom. The number of hydrogen-bond acceptors (Lipinski definition) is 5. The number of pyridine rings is 2. The smallest absolute Gasteiger partial charge is 0.159 e. The molecule has 0 saturated heterocycles. The summed E-state index contributed by atoms with van der Waals surface area (Å²) in [4.78, 5) is 10.9. The van der Waals surface area contributed by atoms with Gasteiger partial charge in [0, 0.05) is 51.6 Å². The molecule has 0 bridgehead atoms. The van der Waals surface area contributed by atoms with Crippen LogP contribution in [0, 0.1) is 0 Å². The summed E-state index contributed by atoms with van der Waals surface area (Å²) < 4.78 is 12.9. The first-order chi connectivity index (χ1) is 21.3. The van der Waals surface area contributed by atoms with Gasteiger partial charge in [0.1, 0.15) is 11.2 Å². The number of benzene rings is 5. The molecule has 9 rings (SSSR count). The molecule has 5 aromatic carbocycles. The summed E-state index contributed by atoms with van der Waals surface area (Å²) in [6.45, 7) is 0. The number of aromatic nitrogens is 2. The summed E-state index contributed by atoms with van der Waals surface area (Å²) in [5.41, 5.74) is 8.40. The molecule has 0 atom stereocenters. The van der Waals surface area contributed by atoms with E-state index in [9.17, 15) is 0 Å². The van der Waals surface area contributed by atoms with Gasteiger partial charge in [-0.25, -0.2) is 0 Å². The van der Waals surface area contributed by atoms with Gasteiger partial charge in [0.15, 0.2) is 11.2 Å². The fraction of sp³-hybridized carbons (Fsp3) is 0. The molecule has 5 nitrogen and oxygen atoms in total. The standard InChI is InChI=1S/C38H23N3O2/c1-2-7-24(8-3-1)26-19-25-9-4-5-10-28(25)34(20-26)41(27-13-14-29-30-15-17-40-23-37(30)42-36(29)21-27)33-12-6-11-31-32-22-39-18-16-35(32)43-38(31)33/h1-23H. The maximum absolute atomic E-state index is 6.56. The second-order valence-corrected chi connectivity index (χ2v) is 10.7. The van der Waals surface area contributed by atoms with Gasteiger partial charge in [-0.1, -0.05) is 66.7 Å². The largest absolute Gasteiger partial charge is 0.454 e. The van der Waals surface area contributed by atoms with Crippen molar-refractivity contribution < 1.29 is 8.83 Å². The molecule has 0 unspecified atom stereocenters.